The number of hydrogen-bond donors (Lipinski definition) is 2. The Morgan fingerprint density at radius 2 is 1.91 bits per heavy atom. The molecule has 2 amide bonds. The van der Waals surface area contributed by atoms with E-state index in [0.29, 0.717) is 0 Å². The molecule has 0 radical (unpaired) electrons. The number of nitrogens with zero attached hydrogens (tertiary/aromatic N) is 3. The minimum atomic E-state index is -0.238. The second-order valence-corrected chi connectivity index (χ2v) is 5.56. The van der Waals surface area contributed by atoms with Crippen molar-refractivity contribution in [3.63, 3.8) is 0 Å². The van der Waals surface area contributed by atoms with E-state index >= 15 is 0 Å². The van der Waals surface area contributed by atoms with Crippen LogP contribution in [-0.4, -0.2) is 36.1 Å². The summed E-state index contributed by atoms with van der Waals surface area (Å²) in [5, 5.41) is 5.34. The van der Waals surface area contributed by atoms with Gasteiger partial charge in [0, 0.05) is 43.8 Å². The topological polar surface area (TPSA) is 70.1 Å². The first-order chi connectivity index (χ1) is 11.3. The molecule has 0 atom stereocenters. The minimum absolute atomic E-state index is 0.238. The quantitative estimate of drug-likeness (QED) is 0.914. The van der Waals surface area contributed by atoms with Crippen LogP contribution in [0.2, 0.25) is 0 Å². The molecule has 3 rings (SSSR count). The lowest BCUT2D eigenvalue weighted by molar-refractivity contribution is 0.254. The summed E-state index contributed by atoms with van der Waals surface area (Å²) in [6, 6.07) is 7.45. The van der Waals surface area contributed by atoms with E-state index in [4.69, 9.17) is 0 Å². The zero-order valence-electron chi connectivity index (χ0n) is 13.2. The third-order valence-corrected chi connectivity index (χ3v) is 3.96. The van der Waals surface area contributed by atoms with E-state index in [0.717, 1.165) is 35.9 Å². The number of anilines is 2. The van der Waals surface area contributed by atoms with E-state index in [-0.39, 0.29) is 6.03 Å². The van der Waals surface area contributed by atoms with Gasteiger partial charge in [-0.25, -0.2) is 9.78 Å². The Bertz CT molecular complexity index is 682. The number of amides is 2. The van der Waals surface area contributed by atoms with Crippen molar-refractivity contribution < 1.29 is 4.79 Å². The smallest absolute Gasteiger partial charge is 0.318 e. The SMILES string of the molecule is CNC(=O)Nc1cccc(-c2nccnc2N2CCCCC2)c1. The van der Waals surface area contributed by atoms with E-state index < -0.39 is 0 Å². The highest BCUT2D eigenvalue weighted by Gasteiger charge is 2.17. The molecule has 1 fully saturated rings. The predicted octanol–water partition coefficient (Wildman–Crippen LogP) is 2.89. The molecule has 1 aromatic carbocycles. The van der Waals surface area contributed by atoms with Crippen molar-refractivity contribution in [3.05, 3.63) is 36.7 Å². The highest BCUT2D eigenvalue weighted by atomic mass is 16.2. The predicted molar refractivity (Wildman–Crippen MR) is 91.6 cm³/mol. The van der Waals surface area contributed by atoms with E-state index in [1.807, 2.05) is 24.3 Å². The summed E-state index contributed by atoms with van der Waals surface area (Å²) >= 11 is 0. The Hall–Kier alpha value is -2.63. The van der Waals surface area contributed by atoms with Crippen LogP contribution in [-0.2, 0) is 0 Å². The van der Waals surface area contributed by atoms with Gasteiger partial charge in [0.15, 0.2) is 5.82 Å². The summed E-state index contributed by atoms with van der Waals surface area (Å²) in [4.78, 5) is 22.9. The van der Waals surface area contributed by atoms with Gasteiger partial charge in [-0.05, 0) is 31.4 Å². The first kappa shape index (κ1) is 15.3. The number of hydrogen-bond acceptors (Lipinski definition) is 4. The number of piperidine rings is 1. The molecule has 0 bridgehead atoms. The van der Waals surface area contributed by atoms with Gasteiger partial charge in [0.2, 0.25) is 0 Å². The van der Waals surface area contributed by atoms with Crippen molar-refractivity contribution in [2.75, 3.05) is 30.4 Å². The molecule has 0 unspecified atom stereocenters. The van der Waals surface area contributed by atoms with Crippen molar-refractivity contribution in [1.82, 2.24) is 15.3 Å². The molecule has 1 aliphatic rings. The van der Waals surface area contributed by atoms with Gasteiger partial charge < -0.3 is 15.5 Å². The molecule has 2 heterocycles. The number of nitrogens with one attached hydrogen (secondary N) is 2. The van der Waals surface area contributed by atoms with Crippen LogP contribution < -0.4 is 15.5 Å². The Labute approximate surface area is 135 Å². The second-order valence-electron chi connectivity index (χ2n) is 5.56. The van der Waals surface area contributed by atoms with Crippen LogP contribution in [0.15, 0.2) is 36.7 Å². The zero-order chi connectivity index (χ0) is 16.1. The Morgan fingerprint density at radius 3 is 2.70 bits per heavy atom. The normalized spacial score (nSPS) is 14.4. The molecular formula is C17H21N5O. The van der Waals surface area contributed by atoms with Gasteiger partial charge in [0.25, 0.3) is 0 Å². The molecular weight excluding hydrogens is 290 g/mol. The number of rotatable bonds is 3. The maximum absolute atomic E-state index is 11.5. The molecule has 1 saturated heterocycles. The lowest BCUT2D eigenvalue weighted by atomic mass is 10.1. The molecule has 2 N–H and O–H groups in total. The largest absolute Gasteiger partial charge is 0.355 e. The Balaban J connectivity index is 1.92. The minimum Gasteiger partial charge on any atom is -0.355 e. The summed E-state index contributed by atoms with van der Waals surface area (Å²) in [6.45, 7) is 2.03. The van der Waals surface area contributed by atoms with Crippen molar-refractivity contribution in [2.45, 2.75) is 19.3 Å². The molecule has 120 valence electrons. The zero-order valence-corrected chi connectivity index (χ0v) is 13.2. The van der Waals surface area contributed by atoms with E-state index in [2.05, 4.69) is 25.5 Å². The van der Waals surface area contributed by atoms with Crippen LogP contribution in [0.3, 0.4) is 0 Å². The third kappa shape index (κ3) is 3.59. The molecule has 1 aromatic heterocycles. The number of urea groups is 1. The van der Waals surface area contributed by atoms with Crippen LogP contribution in [0.5, 0.6) is 0 Å². The van der Waals surface area contributed by atoms with Gasteiger partial charge in [0.05, 0.1) is 0 Å². The van der Waals surface area contributed by atoms with Gasteiger partial charge in [-0.2, -0.15) is 0 Å². The molecule has 6 heteroatoms. The number of carbonyl (C=O) groups is 1. The van der Waals surface area contributed by atoms with Gasteiger partial charge in [-0.3, -0.25) is 4.98 Å². The molecule has 2 aromatic rings. The van der Waals surface area contributed by atoms with Gasteiger partial charge >= 0.3 is 6.03 Å². The van der Waals surface area contributed by atoms with E-state index in [1.165, 1.54) is 19.3 Å². The fourth-order valence-electron chi connectivity index (χ4n) is 2.81. The summed E-state index contributed by atoms with van der Waals surface area (Å²) < 4.78 is 0. The Kier molecular flexibility index (Phi) is 4.71. The highest BCUT2D eigenvalue weighted by Crippen LogP contribution is 2.29. The molecule has 6 nitrogen and oxygen atoms in total. The highest BCUT2D eigenvalue weighted by molar-refractivity contribution is 5.90. The standard InChI is InChI=1S/C17H21N5O/c1-18-17(23)21-14-7-5-6-13(12-14)15-16(20-9-8-19-15)22-10-3-2-4-11-22/h5-9,12H,2-4,10-11H2,1H3,(H2,18,21,23). The maximum atomic E-state index is 11.5. The van der Waals surface area contributed by atoms with Crippen LogP contribution in [0.4, 0.5) is 16.3 Å². The lowest BCUT2D eigenvalue weighted by Crippen LogP contribution is -2.30. The summed E-state index contributed by atoms with van der Waals surface area (Å²) in [5.74, 6) is 0.921. The average Bonchev–Trinajstić information content (AvgIpc) is 2.62. The van der Waals surface area contributed by atoms with Crippen molar-refractivity contribution in [1.29, 1.82) is 0 Å². The Morgan fingerprint density at radius 1 is 1.13 bits per heavy atom. The first-order valence-corrected chi connectivity index (χ1v) is 7.93. The fourth-order valence-corrected chi connectivity index (χ4v) is 2.81. The van der Waals surface area contributed by atoms with E-state index in [9.17, 15) is 4.79 Å². The second kappa shape index (κ2) is 7.09. The molecule has 1 aliphatic heterocycles. The summed E-state index contributed by atoms with van der Waals surface area (Å²) in [5.41, 5.74) is 2.54. The van der Waals surface area contributed by atoms with Crippen LogP contribution in [0.25, 0.3) is 11.3 Å². The monoisotopic (exact) mass is 311 g/mol. The third-order valence-electron chi connectivity index (χ3n) is 3.96. The van der Waals surface area contributed by atoms with Crippen LogP contribution in [0.1, 0.15) is 19.3 Å². The summed E-state index contributed by atoms with van der Waals surface area (Å²) in [7, 11) is 1.59. The number of benzene rings is 1. The van der Waals surface area contributed by atoms with E-state index in [1.54, 1.807) is 19.4 Å². The van der Waals surface area contributed by atoms with Crippen molar-refractivity contribution >= 4 is 17.5 Å². The molecule has 0 spiro atoms. The summed E-state index contributed by atoms with van der Waals surface area (Å²) in [6.07, 6.45) is 7.10. The van der Waals surface area contributed by atoms with Crippen molar-refractivity contribution in [3.8, 4) is 11.3 Å². The number of aromatic nitrogens is 2. The molecule has 0 aliphatic carbocycles. The fraction of sp³-hybridized carbons (Fsp3) is 0.353. The lowest BCUT2D eigenvalue weighted by Gasteiger charge is -2.28. The maximum Gasteiger partial charge on any atom is 0.318 e. The molecule has 23 heavy (non-hydrogen) atoms. The van der Waals surface area contributed by atoms with Gasteiger partial charge in [0.1, 0.15) is 5.69 Å². The van der Waals surface area contributed by atoms with Crippen LogP contribution in [0, 0.1) is 0 Å². The number of carbonyl (C=O) groups excluding carboxylic acids is 1. The first-order valence-electron chi connectivity index (χ1n) is 7.93. The van der Waals surface area contributed by atoms with Crippen molar-refractivity contribution in [2.24, 2.45) is 0 Å². The van der Waals surface area contributed by atoms with Gasteiger partial charge in [-0.15, -0.1) is 0 Å². The average molecular weight is 311 g/mol. The van der Waals surface area contributed by atoms with Crippen LogP contribution >= 0.6 is 0 Å². The molecule has 0 saturated carbocycles. The van der Waals surface area contributed by atoms with Gasteiger partial charge in [-0.1, -0.05) is 12.1 Å².